The molecule has 1 saturated heterocycles. The molecule has 1 aromatic rings. The van der Waals surface area contributed by atoms with Gasteiger partial charge in [0.1, 0.15) is 10.9 Å². The normalized spacial score (nSPS) is 18.9. The average Bonchev–Trinajstić information content (AvgIpc) is 2.95. The summed E-state index contributed by atoms with van der Waals surface area (Å²) in [5, 5.41) is 9.27. The molecule has 1 atom stereocenters. The first-order valence-electron chi connectivity index (χ1n) is 7.05. The van der Waals surface area contributed by atoms with E-state index in [1.165, 1.54) is 6.07 Å². The zero-order valence-electron chi connectivity index (χ0n) is 11.9. The van der Waals surface area contributed by atoms with Gasteiger partial charge >= 0.3 is 5.97 Å². The van der Waals surface area contributed by atoms with Crippen molar-refractivity contribution in [1.29, 1.82) is 0 Å². The third-order valence-electron chi connectivity index (χ3n) is 3.54. The van der Waals surface area contributed by atoms with Gasteiger partial charge in [-0.3, -0.25) is 0 Å². The first-order chi connectivity index (χ1) is 9.97. The first-order valence-corrected chi connectivity index (χ1v) is 8.54. The molecule has 0 aliphatic carbocycles. The number of sulfonamides is 1. The van der Waals surface area contributed by atoms with Crippen LogP contribution in [0, 0.1) is 0 Å². The lowest BCUT2D eigenvalue weighted by Gasteiger charge is -2.26. The highest BCUT2D eigenvalue weighted by Gasteiger charge is 2.33. The molecule has 116 valence electrons. The van der Waals surface area contributed by atoms with Gasteiger partial charge in [0.25, 0.3) is 0 Å². The number of carboxylic acid groups (broad SMARTS) is 1. The summed E-state index contributed by atoms with van der Waals surface area (Å²) in [5.41, 5.74) is 0.464. The fourth-order valence-corrected chi connectivity index (χ4v) is 3.89. The summed E-state index contributed by atoms with van der Waals surface area (Å²) in [6.07, 6.45) is 1.97. The van der Waals surface area contributed by atoms with E-state index in [0.717, 1.165) is 6.42 Å². The van der Waals surface area contributed by atoms with Crippen LogP contribution in [0.4, 0.5) is 5.69 Å². The van der Waals surface area contributed by atoms with Crippen LogP contribution in [-0.2, 0) is 14.8 Å². The molecule has 1 aliphatic heterocycles. The summed E-state index contributed by atoms with van der Waals surface area (Å²) in [6.45, 7) is 2.80. The van der Waals surface area contributed by atoms with Gasteiger partial charge in [-0.1, -0.05) is 19.1 Å². The highest BCUT2D eigenvalue weighted by molar-refractivity contribution is 7.89. The fraction of sp³-hybridized carbons (Fsp3) is 0.500. The van der Waals surface area contributed by atoms with E-state index >= 15 is 0 Å². The number of aliphatic carboxylic acids is 1. The lowest BCUT2D eigenvalue weighted by Crippen LogP contribution is -2.37. The van der Waals surface area contributed by atoms with Crippen molar-refractivity contribution in [3.05, 3.63) is 24.3 Å². The molecule has 0 bridgehead atoms. The SMILES string of the molecule is CCCNS(=O)(=O)c1ccccc1N1CCCC1C(=O)O. The molecule has 7 heteroatoms. The Morgan fingerprint density at radius 2 is 2.14 bits per heavy atom. The van der Waals surface area contributed by atoms with E-state index in [0.29, 0.717) is 31.6 Å². The van der Waals surface area contributed by atoms with Gasteiger partial charge in [0.2, 0.25) is 10.0 Å². The van der Waals surface area contributed by atoms with Crippen molar-refractivity contribution in [2.24, 2.45) is 0 Å². The Morgan fingerprint density at radius 1 is 1.43 bits per heavy atom. The molecule has 21 heavy (non-hydrogen) atoms. The Morgan fingerprint density at radius 3 is 2.81 bits per heavy atom. The van der Waals surface area contributed by atoms with Crippen LogP contribution < -0.4 is 9.62 Å². The second kappa shape index (κ2) is 6.44. The Bertz CT molecular complexity index is 615. The maximum absolute atomic E-state index is 12.4. The van der Waals surface area contributed by atoms with Crippen LogP contribution in [0.1, 0.15) is 26.2 Å². The minimum absolute atomic E-state index is 0.145. The minimum atomic E-state index is -3.62. The molecule has 1 fully saturated rings. The van der Waals surface area contributed by atoms with E-state index in [1.807, 2.05) is 6.92 Å². The highest BCUT2D eigenvalue weighted by atomic mass is 32.2. The highest BCUT2D eigenvalue weighted by Crippen LogP contribution is 2.31. The zero-order chi connectivity index (χ0) is 15.5. The quantitative estimate of drug-likeness (QED) is 0.830. The number of rotatable bonds is 6. The Kier molecular flexibility index (Phi) is 4.84. The zero-order valence-corrected chi connectivity index (χ0v) is 12.8. The van der Waals surface area contributed by atoms with E-state index in [4.69, 9.17) is 0 Å². The summed E-state index contributed by atoms with van der Waals surface area (Å²) < 4.78 is 27.3. The number of benzene rings is 1. The third kappa shape index (κ3) is 3.36. The smallest absolute Gasteiger partial charge is 0.326 e. The van der Waals surface area contributed by atoms with Gasteiger partial charge in [-0.05, 0) is 31.4 Å². The van der Waals surface area contributed by atoms with Gasteiger partial charge in [0.05, 0.1) is 5.69 Å². The maximum Gasteiger partial charge on any atom is 0.326 e. The molecule has 6 nitrogen and oxygen atoms in total. The number of anilines is 1. The number of hydrogen-bond acceptors (Lipinski definition) is 4. The molecule has 0 radical (unpaired) electrons. The monoisotopic (exact) mass is 312 g/mol. The van der Waals surface area contributed by atoms with E-state index in [9.17, 15) is 18.3 Å². The molecule has 0 spiro atoms. The number of nitrogens with zero attached hydrogens (tertiary/aromatic N) is 1. The van der Waals surface area contributed by atoms with E-state index in [-0.39, 0.29) is 4.90 Å². The number of nitrogens with one attached hydrogen (secondary N) is 1. The lowest BCUT2D eigenvalue weighted by molar-refractivity contribution is -0.138. The van der Waals surface area contributed by atoms with Crippen molar-refractivity contribution < 1.29 is 18.3 Å². The van der Waals surface area contributed by atoms with Crippen LogP contribution in [0.2, 0.25) is 0 Å². The molecule has 1 heterocycles. The Labute approximate surface area is 124 Å². The molecule has 1 aliphatic rings. The Balaban J connectivity index is 2.39. The van der Waals surface area contributed by atoms with Gasteiger partial charge in [-0.2, -0.15) is 0 Å². The number of hydrogen-bond donors (Lipinski definition) is 2. The average molecular weight is 312 g/mol. The predicted molar refractivity (Wildman–Crippen MR) is 79.9 cm³/mol. The number of carboxylic acids is 1. The van der Waals surface area contributed by atoms with Gasteiger partial charge in [0.15, 0.2) is 0 Å². The van der Waals surface area contributed by atoms with Gasteiger partial charge in [0, 0.05) is 13.1 Å². The van der Waals surface area contributed by atoms with E-state index in [2.05, 4.69) is 4.72 Å². The molecule has 1 aromatic carbocycles. The minimum Gasteiger partial charge on any atom is -0.480 e. The van der Waals surface area contributed by atoms with Crippen LogP contribution in [0.5, 0.6) is 0 Å². The molecule has 0 saturated carbocycles. The molecule has 0 aromatic heterocycles. The van der Waals surface area contributed by atoms with Crippen LogP contribution in [0.25, 0.3) is 0 Å². The molecule has 2 N–H and O–H groups in total. The van der Waals surface area contributed by atoms with Crippen molar-refractivity contribution in [2.75, 3.05) is 18.0 Å². The molecular formula is C14H20N2O4S. The summed E-state index contributed by atoms with van der Waals surface area (Å²) in [5.74, 6) is -0.916. The van der Waals surface area contributed by atoms with E-state index < -0.39 is 22.0 Å². The first kappa shape index (κ1) is 15.8. The van der Waals surface area contributed by atoms with Gasteiger partial charge in [-0.25, -0.2) is 17.9 Å². The van der Waals surface area contributed by atoms with Crippen molar-refractivity contribution in [3.63, 3.8) is 0 Å². The second-order valence-electron chi connectivity index (χ2n) is 5.06. The molecule has 0 amide bonds. The van der Waals surface area contributed by atoms with Crippen LogP contribution in [0.3, 0.4) is 0 Å². The lowest BCUT2D eigenvalue weighted by atomic mass is 10.2. The largest absolute Gasteiger partial charge is 0.480 e. The second-order valence-corrected chi connectivity index (χ2v) is 6.79. The van der Waals surface area contributed by atoms with Gasteiger partial charge < -0.3 is 10.0 Å². The number of para-hydroxylation sites is 1. The predicted octanol–water partition coefficient (Wildman–Crippen LogP) is 1.43. The third-order valence-corrected chi connectivity index (χ3v) is 5.05. The van der Waals surface area contributed by atoms with Crippen molar-refractivity contribution >= 4 is 21.7 Å². The summed E-state index contributed by atoms with van der Waals surface area (Å²) in [6, 6.07) is 5.90. The topological polar surface area (TPSA) is 86.7 Å². The maximum atomic E-state index is 12.4. The molecule has 2 rings (SSSR count). The summed E-state index contributed by atoms with van der Waals surface area (Å²) in [4.78, 5) is 13.1. The van der Waals surface area contributed by atoms with Crippen molar-refractivity contribution in [1.82, 2.24) is 4.72 Å². The van der Waals surface area contributed by atoms with Crippen LogP contribution in [-0.4, -0.2) is 38.6 Å². The Hall–Kier alpha value is -1.60. The molecular weight excluding hydrogens is 292 g/mol. The number of carbonyl (C=O) groups is 1. The van der Waals surface area contributed by atoms with Crippen molar-refractivity contribution in [3.8, 4) is 0 Å². The summed E-state index contributed by atoms with van der Waals surface area (Å²) >= 11 is 0. The van der Waals surface area contributed by atoms with E-state index in [1.54, 1.807) is 23.1 Å². The standard InChI is InChI=1S/C14H20N2O4S/c1-2-9-15-21(19,20)13-8-4-3-6-11(13)16-10-5-7-12(16)14(17)18/h3-4,6,8,12,15H,2,5,7,9-10H2,1H3,(H,17,18). The van der Waals surface area contributed by atoms with Gasteiger partial charge in [-0.15, -0.1) is 0 Å². The molecule has 1 unspecified atom stereocenters. The van der Waals surface area contributed by atoms with Crippen LogP contribution >= 0.6 is 0 Å². The van der Waals surface area contributed by atoms with Crippen molar-refractivity contribution in [2.45, 2.75) is 37.1 Å². The fourth-order valence-electron chi connectivity index (χ4n) is 2.55. The summed E-state index contributed by atoms with van der Waals surface area (Å²) in [7, 11) is -3.62. The van der Waals surface area contributed by atoms with Crippen LogP contribution in [0.15, 0.2) is 29.2 Å².